The van der Waals surface area contributed by atoms with Crippen molar-refractivity contribution in [3.05, 3.63) is 34.4 Å². The van der Waals surface area contributed by atoms with Crippen LogP contribution in [0, 0.1) is 22.7 Å². The summed E-state index contributed by atoms with van der Waals surface area (Å²) < 4.78 is 17.0. The molecule has 0 amide bonds. The molecule has 5 fully saturated rings. The van der Waals surface area contributed by atoms with E-state index in [4.69, 9.17) is 13.9 Å². The van der Waals surface area contributed by atoms with Gasteiger partial charge in [-0.3, -0.25) is 0 Å². The first-order chi connectivity index (χ1) is 18.5. The predicted molar refractivity (Wildman–Crippen MR) is 139 cm³/mol. The molecule has 4 N–H and O–H groups in total. The molecule has 6 rings (SSSR count). The van der Waals surface area contributed by atoms with Crippen LogP contribution >= 0.6 is 0 Å². The minimum atomic E-state index is -1.27. The molecule has 1 aromatic rings. The molecular formula is C30H42O9. The maximum Gasteiger partial charge on any atom is 0.335 e. The van der Waals surface area contributed by atoms with Gasteiger partial charge in [0, 0.05) is 24.3 Å². The number of rotatable bonds is 4. The second-order valence-corrected chi connectivity index (χ2v) is 13.4. The first-order valence-electron chi connectivity index (χ1n) is 14.6. The van der Waals surface area contributed by atoms with Crippen molar-refractivity contribution in [1.29, 1.82) is 0 Å². The third kappa shape index (κ3) is 3.95. The molecule has 1 aliphatic heterocycles. The van der Waals surface area contributed by atoms with Crippen LogP contribution < -0.4 is 5.63 Å². The molecule has 4 saturated carbocycles. The van der Waals surface area contributed by atoms with E-state index in [-0.39, 0.29) is 36.7 Å². The molecule has 9 nitrogen and oxygen atoms in total. The Hall–Kier alpha value is -1.62. The Morgan fingerprint density at radius 1 is 1.00 bits per heavy atom. The van der Waals surface area contributed by atoms with E-state index in [0.29, 0.717) is 38.5 Å². The van der Waals surface area contributed by atoms with Crippen molar-refractivity contribution in [2.75, 3.05) is 0 Å². The van der Waals surface area contributed by atoms with Gasteiger partial charge in [0.1, 0.15) is 12.4 Å². The summed E-state index contributed by atoms with van der Waals surface area (Å²) in [5.74, 6) is -0.217. The molecule has 12 atom stereocenters. The first kappa shape index (κ1) is 27.5. The number of aliphatic hydroxyl groups is 4. The van der Waals surface area contributed by atoms with E-state index < -0.39 is 52.3 Å². The SMILES string of the molecule is C[C@@H]1O[C@@H](OC2CCC3(C=O)C4CCC5(C)C(c6ccc(=O)oc6)CCC5(O)C4CCC3(O)C2)[C@H](O)C[C@H]1O. The zero-order valence-electron chi connectivity index (χ0n) is 22.8. The number of hydrogen-bond acceptors (Lipinski definition) is 9. The molecule has 5 aliphatic rings. The van der Waals surface area contributed by atoms with Gasteiger partial charge in [-0.15, -0.1) is 0 Å². The molecular weight excluding hydrogens is 504 g/mol. The highest BCUT2D eigenvalue weighted by Crippen LogP contribution is 2.71. The monoisotopic (exact) mass is 546 g/mol. The lowest BCUT2D eigenvalue weighted by atomic mass is 9.41. The van der Waals surface area contributed by atoms with Gasteiger partial charge in [0.25, 0.3) is 0 Å². The summed E-state index contributed by atoms with van der Waals surface area (Å²) >= 11 is 0. The predicted octanol–water partition coefficient (Wildman–Crippen LogP) is 2.42. The van der Waals surface area contributed by atoms with Crippen LogP contribution in [-0.4, -0.2) is 68.6 Å². The largest absolute Gasteiger partial charge is 0.431 e. The van der Waals surface area contributed by atoms with Crippen molar-refractivity contribution >= 4 is 6.29 Å². The summed E-state index contributed by atoms with van der Waals surface area (Å²) in [4.78, 5) is 24.5. The van der Waals surface area contributed by atoms with Crippen LogP contribution in [0.3, 0.4) is 0 Å². The lowest BCUT2D eigenvalue weighted by Crippen LogP contribution is -2.69. The fourth-order valence-corrected chi connectivity index (χ4v) is 9.61. The van der Waals surface area contributed by atoms with Crippen molar-refractivity contribution in [3.8, 4) is 0 Å². The molecule has 9 heteroatoms. The highest BCUT2D eigenvalue weighted by molar-refractivity contribution is 5.64. The minimum Gasteiger partial charge on any atom is -0.431 e. The van der Waals surface area contributed by atoms with Crippen LogP contribution in [0.15, 0.2) is 27.6 Å². The third-order valence-corrected chi connectivity index (χ3v) is 11.8. The van der Waals surface area contributed by atoms with Crippen LogP contribution in [0.5, 0.6) is 0 Å². The Morgan fingerprint density at radius 2 is 1.77 bits per heavy atom. The van der Waals surface area contributed by atoms with Gasteiger partial charge in [0.15, 0.2) is 6.29 Å². The molecule has 8 unspecified atom stereocenters. The summed E-state index contributed by atoms with van der Waals surface area (Å²) in [6.07, 6.45) is 4.26. The van der Waals surface area contributed by atoms with E-state index in [1.54, 1.807) is 6.92 Å². The minimum absolute atomic E-state index is 0.0489. The zero-order valence-corrected chi connectivity index (χ0v) is 22.8. The van der Waals surface area contributed by atoms with Crippen molar-refractivity contribution in [1.82, 2.24) is 0 Å². The average molecular weight is 547 g/mol. The number of hydrogen-bond donors (Lipinski definition) is 4. The number of ether oxygens (including phenoxy) is 2. The molecule has 216 valence electrons. The van der Waals surface area contributed by atoms with Gasteiger partial charge in [-0.25, -0.2) is 4.79 Å². The first-order valence-corrected chi connectivity index (χ1v) is 14.6. The highest BCUT2D eigenvalue weighted by Gasteiger charge is 2.71. The lowest BCUT2D eigenvalue weighted by molar-refractivity contribution is -0.296. The van der Waals surface area contributed by atoms with Gasteiger partial charge in [0.05, 0.1) is 41.2 Å². The van der Waals surface area contributed by atoms with E-state index >= 15 is 0 Å². The molecule has 2 heterocycles. The summed E-state index contributed by atoms with van der Waals surface area (Å²) in [6, 6.07) is 3.24. The molecule has 4 aliphatic carbocycles. The molecule has 0 radical (unpaired) electrons. The van der Waals surface area contributed by atoms with Gasteiger partial charge in [-0.1, -0.05) is 6.92 Å². The van der Waals surface area contributed by atoms with E-state index in [2.05, 4.69) is 6.92 Å². The number of aldehydes is 1. The van der Waals surface area contributed by atoms with Crippen molar-refractivity contribution in [2.45, 2.75) is 126 Å². The average Bonchev–Trinajstić information content (AvgIpc) is 3.18. The van der Waals surface area contributed by atoms with Gasteiger partial charge >= 0.3 is 5.63 Å². The Kier molecular flexibility index (Phi) is 6.68. The maximum absolute atomic E-state index is 13.0. The van der Waals surface area contributed by atoms with E-state index in [0.717, 1.165) is 24.7 Å². The number of carbonyl (C=O) groups excluding carboxylic acids is 1. The van der Waals surface area contributed by atoms with Crippen molar-refractivity contribution in [2.24, 2.45) is 22.7 Å². The smallest absolute Gasteiger partial charge is 0.335 e. The number of fused-ring (bicyclic) bond motifs is 5. The molecule has 39 heavy (non-hydrogen) atoms. The second kappa shape index (κ2) is 9.46. The molecule has 1 saturated heterocycles. The molecule has 0 bridgehead atoms. The van der Waals surface area contributed by atoms with Crippen LogP contribution in [0.25, 0.3) is 0 Å². The maximum atomic E-state index is 13.0. The van der Waals surface area contributed by atoms with E-state index in [9.17, 15) is 30.0 Å². The normalized spacial score (nSPS) is 51.4. The van der Waals surface area contributed by atoms with E-state index in [1.807, 2.05) is 6.07 Å². The van der Waals surface area contributed by atoms with Gasteiger partial charge in [0.2, 0.25) is 0 Å². The van der Waals surface area contributed by atoms with Crippen LogP contribution in [0.1, 0.15) is 89.5 Å². The topological polar surface area (TPSA) is 147 Å². The van der Waals surface area contributed by atoms with E-state index in [1.165, 1.54) is 12.3 Å². The van der Waals surface area contributed by atoms with Crippen molar-refractivity contribution in [3.63, 3.8) is 0 Å². The third-order valence-electron chi connectivity index (χ3n) is 11.8. The lowest BCUT2D eigenvalue weighted by Gasteiger charge is -2.65. The molecule has 0 aromatic carbocycles. The van der Waals surface area contributed by atoms with Gasteiger partial charge in [-0.05, 0) is 87.7 Å². The molecule has 1 aromatic heterocycles. The molecule has 0 spiro atoms. The summed E-state index contributed by atoms with van der Waals surface area (Å²) in [7, 11) is 0. The highest BCUT2D eigenvalue weighted by atomic mass is 16.7. The summed E-state index contributed by atoms with van der Waals surface area (Å²) in [5, 5.41) is 44.9. The van der Waals surface area contributed by atoms with Crippen LogP contribution in [-0.2, 0) is 14.3 Å². The fourth-order valence-electron chi connectivity index (χ4n) is 9.61. The Morgan fingerprint density at radius 3 is 2.49 bits per heavy atom. The Bertz CT molecular complexity index is 1130. The standard InChI is InChI=1S/C30H42O9/c1-17-23(32)13-24(33)26(38-17)39-19-5-10-28(16-31)21-6-9-27(2)20(18-3-4-25(34)37-15-18)8-12-30(27,36)22(21)7-11-29(28,35)14-19/h3-4,15-17,19-24,26,32-33,35-36H,5-14H2,1-2H3/t17-,19?,20?,21?,22?,23+,24+,26-,27?,28?,29?,30?/m0/s1. The van der Waals surface area contributed by atoms with Crippen LogP contribution in [0.4, 0.5) is 0 Å². The van der Waals surface area contributed by atoms with Crippen LogP contribution in [0.2, 0.25) is 0 Å². The Labute approximate surface area is 228 Å². The Balaban J connectivity index is 1.23. The second-order valence-electron chi connectivity index (χ2n) is 13.4. The summed E-state index contributed by atoms with van der Waals surface area (Å²) in [5.41, 5.74) is -3.12. The van der Waals surface area contributed by atoms with Gasteiger partial charge < -0.3 is 39.1 Å². The zero-order chi connectivity index (χ0) is 27.8. The number of aliphatic hydroxyl groups excluding tert-OH is 2. The summed E-state index contributed by atoms with van der Waals surface area (Å²) in [6.45, 7) is 3.88. The van der Waals surface area contributed by atoms with Crippen molar-refractivity contribution < 1.29 is 39.1 Å². The fraction of sp³-hybridized carbons (Fsp3) is 0.800. The quantitative estimate of drug-likeness (QED) is 0.330. The van der Waals surface area contributed by atoms with Gasteiger partial charge in [-0.2, -0.15) is 0 Å². The number of carbonyl (C=O) groups is 1.